The number of amides is 2. The van der Waals surface area contributed by atoms with Crippen molar-refractivity contribution < 1.29 is 9.59 Å². The summed E-state index contributed by atoms with van der Waals surface area (Å²) in [7, 11) is 0. The van der Waals surface area contributed by atoms with Crippen LogP contribution >= 0.6 is 12.2 Å². The van der Waals surface area contributed by atoms with E-state index in [0.717, 1.165) is 16.7 Å². The van der Waals surface area contributed by atoms with Gasteiger partial charge in [0.2, 0.25) is 0 Å². The van der Waals surface area contributed by atoms with Gasteiger partial charge >= 0.3 is 0 Å². The third kappa shape index (κ3) is 3.56. The molecule has 1 aliphatic rings. The fourth-order valence-electron chi connectivity index (χ4n) is 2.59. The number of nitrogens with zero attached hydrogens (tertiary/aromatic N) is 1. The van der Waals surface area contributed by atoms with Crippen LogP contribution in [0.1, 0.15) is 5.56 Å². The summed E-state index contributed by atoms with van der Waals surface area (Å²) in [4.78, 5) is 26.1. The van der Waals surface area contributed by atoms with Crippen molar-refractivity contribution in [3.63, 3.8) is 0 Å². The molecule has 2 amide bonds. The van der Waals surface area contributed by atoms with E-state index in [1.807, 2.05) is 54.6 Å². The second kappa shape index (κ2) is 7.23. The molecule has 124 valence electrons. The highest BCUT2D eigenvalue weighted by Gasteiger charge is 2.32. The second-order valence-electron chi connectivity index (χ2n) is 5.51. The van der Waals surface area contributed by atoms with Gasteiger partial charge in [-0.2, -0.15) is 0 Å². The number of rotatable bonds is 4. The normalized spacial score (nSPS) is 16.1. The molecule has 0 spiro atoms. The number of thiocarbonyl (C=S) groups is 1. The van der Waals surface area contributed by atoms with Gasteiger partial charge in [0, 0.05) is 6.54 Å². The molecule has 2 aromatic carbocycles. The summed E-state index contributed by atoms with van der Waals surface area (Å²) in [6.07, 6.45) is 3.15. The highest BCUT2D eigenvalue weighted by atomic mass is 32.1. The van der Waals surface area contributed by atoms with Crippen molar-refractivity contribution in [2.75, 3.05) is 6.54 Å². The van der Waals surface area contributed by atoms with E-state index < -0.39 is 11.8 Å². The average Bonchev–Trinajstić information content (AvgIpc) is 2.63. The van der Waals surface area contributed by atoms with Crippen molar-refractivity contribution in [2.45, 2.75) is 0 Å². The first-order chi connectivity index (χ1) is 12.1. The van der Waals surface area contributed by atoms with Crippen LogP contribution in [0.5, 0.6) is 0 Å². The molecule has 0 unspecified atom stereocenters. The molecule has 4 nitrogen and oxygen atoms in total. The van der Waals surface area contributed by atoms with Gasteiger partial charge < -0.3 is 0 Å². The topological polar surface area (TPSA) is 49.4 Å². The van der Waals surface area contributed by atoms with E-state index in [4.69, 9.17) is 12.2 Å². The fraction of sp³-hybridized carbons (Fsp3) is 0.0500. The van der Waals surface area contributed by atoms with Crippen molar-refractivity contribution in [1.82, 2.24) is 10.2 Å². The summed E-state index contributed by atoms with van der Waals surface area (Å²) in [6.45, 7) is 3.86. The lowest BCUT2D eigenvalue weighted by atomic mass is 10.0. The number of carbonyl (C=O) groups is 2. The highest BCUT2D eigenvalue weighted by molar-refractivity contribution is 7.80. The summed E-state index contributed by atoms with van der Waals surface area (Å²) in [6, 6.07) is 17.6. The van der Waals surface area contributed by atoms with Gasteiger partial charge in [0.25, 0.3) is 11.8 Å². The van der Waals surface area contributed by atoms with E-state index in [0.29, 0.717) is 0 Å². The zero-order valence-corrected chi connectivity index (χ0v) is 14.3. The van der Waals surface area contributed by atoms with Gasteiger partial charge in [-0.3, -0.25) is 19.8 Å². The van der Waals surface area contributed by atoms with E-state index in [2.05, 4.69) is 11.9 Å². The maximum absolute atomic E-state index is 12.6. The summed E-state index contributed by atoms with van der Waals surface area (Å²) in [5, 5.41) is 2.64. The van der Waals surface area contributed by atoms with Gasteiger partial charge in [0.05, 0.1) is 0 Å². The molecule has 0 radical (unpaired) electrons. The van der Waals surface area contributed by atoms with E-state index in [1.54, 1.807) is 12.2 Å². The van der Waals surface area contributed by atoms with Crippen LogP contribution in [-0.2, 0) is 9.59 Å². The molecule has 1 saturated heterocycles. The van der Waals surface area contributed by atoms with Crippen LogP contribution in [0.15, 0.2) is 72.8 Å². The number of nitrogens with one attached hydrogen (secondary N) is 1. The van der Waals surface area contributed by atoms with E-state index in [1.165, 1.54) is 4.90 Å². The van der Waals surface area contributed by atoms with Gasteiger partial charge in [-0.25, -0.2) is 0 Å². The number of hydrogen-bond donors (Lipinski definition) is 1. The summed E-state index contributed by atoms with van der Waals surface area (Å²) >= 11 is 5.05. The summed E-state index contributed by atoms with van der Waals surface area (Å²) < 4.78 is 0. The minimum Gasteiger partial charge on any atom is -0.298 e. The van der Waals surface area contributed by atoms with Crippen LogP contribution in [0, 0.1) is 0 Å². The molecule has 3 rings (SSSR count). The molecule has 0 bridgehead atoms. The van der Waals surface area contributed by atoms with E-state index in [-0.39, 0.29) is 17.2 Å². The van der Waals surface area contributed by atoms with Crippen molar-refractivity contribution in [2.24, 2.45) is 0 Å². The Balaban J connectivity index is 1.96. The molecular formula is C20H16N2O2S. The maximum atomic E-state index is 12.6. The molecule has 0 aromatic heterocycles. The highest BCUT2D eigenvalue weighted by Crippen LogP contribution is 2.22. The predicted molar refractivity (Wildman–Crippen MR) is 103 cm³/mol. The Morgan fingerprint density at radius 2 is 1.76 bits per heavy atom. The monoisotopic (exact) mass is 348 g/mol. The lowest BCUT2D eigenvalue weighted by molar-refractivity contribution is -0.128. The molecule has 25 heavy (non-hydrogen) atoms. The number of hydrogen-bond acceptors (Lipinski definition) is 3. The van der Waals surface area contributed by atoms with Gasteiger partial charge in [-0.15, -0.1) is 6.58 Å². The molecule has 1 heterocycles. The predicted octanol–water partition coefficient (Wildman–Crippen LogP) is 3.17. The first kappa shape index (κ1) is 16.8. The lowest BCUT2D eigenvalue weighted by Crippen LogP contribution is -2.53. The zero-order chi connectivity index (χ0) is 17.8. The van der Waals surface area contributed by atoms with Gasteiger partial charge in [0.1, 0.15) is 5.57 Å². The van der Waals surface area contributed by atoms with Crippen LogP contribution in [-0.4, -0.2) is 28.4 Å². The van der Waals surface area contributed by atoms with Crippen molar-refractivity contribution in [3.05, 3.63) is 78.4 Å². The third-order valence-corrected chi connectivity index (χ3v) is 4.12. The van der Waals surface area contributed by atoms with Crippen molar-refractivity contribution >= 4 is 35.2 Å². The Morgan fingerprint density at radius 3 is 2.48 bits per heavy atom. The van der Waals surface area contributed by atoms with Crippen LogP contribution in [0.3, 0.4) is 0 Å². The minimum absolute atomic E-state index is 0.0562. The van der Waals surface area contributed by atoms with Gasteiger partial charge in [0.15, 0.2) is 5.11 Å². The Morgan fingerprint density at radius 1 is 1.04 bits per heavy atom. The molecule has 0 saturated carbocycles. The molecule has 1 fully saturated rings. The SMILES string of the molecule is C=CCN1C(=O)/C(=C/c2cccc(-c3ccccc3)c2)C(=O)NC1=S. The van der Waals surface area contributed by atoms with E-state index in [9.17, 15) is 9.59 Å². The Bertz CT molecular complexity index is 888. The molecular weight excluding hydrogens is 332 g/mol. The fourth-order valence-corrected chi connectivity index (χ4v) is 2.84. The van der Waals surface area contributed by atoms with Crippen LogP contribution in [0.25, 0.3) is 17.2 Å². The quantitative estimate of drug-likeness (QED) is 0.400. The van der Waals surface area contributed by atoms with Crippen LogP contribution in [0.2, 0.25) is 0 Å². The second-order valence-corrected chi connectivity index (χ2v) is 5.90. The van der Waals surface area contributed by atoms with Crippen molar-refractivity contribution in [1.29, 1.82) is 0 Å². The van der Waals surface area contributed by atoms with Gasteiger partial charge in [-0.05, 0) is 41.1 Å². The molecule has 1 N–H and O–H groups in total. The minimum atomic E-state index is -0.486. The molecule has 0 aliphatic carbocycles. The number of carbonyl (C=O) groups excluding carboxylic acids is 2. The zero-order valence-electron chi connectivity index (χ0n) is 13.4. The summed E-state index contributed by atoms with van der Waals surface area (Å²) in [5.41, 5.74) is 2.90. The van der Waals surface area contributed by atoms with Crippen molar-refractivity contribution in [3.8, 4) is 11.1 Å². The Labute approximate surface area is 151 Å². The molecule has 1 aliphatic heterocycles. The van der Waals surface area contributed by atoms with Gasteiger partial charge in [-0.1, -0.05) is 54.6 Å². The molecule has 2 aromatic rings. The summed E-state index contributed by atoms with van der Waals surface area (Å²) in [5.74, 6) is -0.904. The first-order valence-corrected chi connectivity index (χ1v) is 8.16. The van der Waals surface area contributed by atoms with E-state index >= 15 is 0 Å². The molecule has 5 heteroatoms. The third-order valence-electron chi connectivity index (χ3n) is 3.80. The molecule has 0 atom stereocenters. The standard InChI is InChI=1S/C20H16N2O2S/c1-2-11-22-19(24)17(18(23)21-20(22)25)13-14-7-6-10-16(12-14)15-8-4-3-5-9-15/h2-10,12-13H,1,11H2,(H,21,23,25)/b17-13+. The average molecular weight is 348 g/mol. The maximum Gasteiger partial charge on any atom is 0.265 e. The number of benzene rings is 2. The largest absolute Gasteiger partial charge is 0.298 e. The smallest absolute Gasteiger partial charge is 0.265 e. The first-order valence-electron chi connectivity index (χ1n) is 7.75. The Hall–Kier alpha value is -3.05. The Kier molecular flexibility index (Phi) is 4.86. The lowest BCUT2D eigenvalue weighted by Gasteiger charge is -2.27. The van der Waals surface area contributed by atoms with Crippen LogP contribution < -0.4 is 5.32 Å². The van der Waals surface area contributed by atoms with Crippen LogP contribution in [0.4, 0.5) is 0 Å².